The number of aryl methyl sites for hydroxylation is 1. The van der Waals surface area contributed by atoms with Gasteiger partial charge in [0.05, 0.1) is 11.9 Å². The third-order valence-electron chi connectivity index (χ3n) is 1.99. The van der Waals surface area contributed by atoms with Gasteiger partial charge in [0.1, 0.15) is 0 Å². The van der Waals surface area contributed by atoms with Crippen LogP contribution in [-0.2, 0) is 0 Å². The molecule has 66 valence electrons. The highest BCUT2D eigenvalue weighted by Gasteiger charge is 2.00. The van der Waals surface area contributed by atoms with Crippen LogP contribution in [0.1, 0.15) is 19.4 Å². The first-order chi connectivity index (χ1) is 5.77. The molecule has 1 aromatic rings. The van der Waals surface area contributed by atoms with E-state index in [2.05, 4.69) is 36.7 Å². The van der Waals surface area contributed by atoms with Crippen LogP contribution in [0, 0.1) is 6.92 Å². The first-order valence-corrected chi connectivity index (χ1v) is 4.44. The fourth-order valence-electron chi connectivity index (χ4n) is 1.30. The Balaban J connectivity index is 2.85. The third-order valence-corrected chi connectivity index (χ3v) is 1.99. The average molecular weight is 164 g/mol. The molecule has 1 aromatic heterocycles. The lowest BCUT2D eigenvalue weighted by Gasteiger charge is -2.20. The molecule has 0 aliphatic rings. The maximum atomic E-state index is 4.16. The van der Waals surface area contributed by atoms with Crippen LogP contribution in [-0.4, -0.2) is 18.1 Å². The van der Waals surface area contributed by atoms with Crippen LogP contribution < -0.4 is 4.90 Å². The molecule has 0 atom stereocenters. The summed E-state index contributed by atoms with van der Waals surface area (Å²) in [6.45, 7) is 8.47. The lowest BCUT2D eigenvalue weighted by atomic mass is 10.3. The Morgan fingerprint density at radius 1 is 1.25 bits per heavy atom. The van der Waals surface area contributed by atoms with Gasteiger partial charge in [0, 0.05) is 19.3 Å². The molecule has 0 unspecified atom stereocenters. The second kappa shape index (κ2) is 4.10. The van der Waals surface area contributed by atoms with Crippen molar-refractivity contribution in [2.45, 2.75) is 20.8 Å². The molecular weight excluding hydrogens is 148 g/mol. The molecule has 2 nitrogen and oxygen atoms in total. The van der Waals surface area contributed by atoms with Crippen molar-refractivity contribution in [1.82, 2.24) is 4.98 Å². The zero-order valence-electron chi connectivity index (χ0n) is 8.04. The maximum absolute atomic E-state index is 4.16. The molecule has 1 heterocycles. The summed E-state index contributed by atoms with van der Waals surface area (Å²) in [5.74, 6) is 0. The zero-order valence-corrected chi connectivity index (χ0v) is 8.04. The number of nitrogens with zero attached hydrogens (tertiary/aromatic N) is 2. The van der Waals surface area contributed by atoms with Crippen LogP contribution in [0.2, 0.25) is 0 Å². The van der Waals surface area contributed by atoms with Crippen LogP contribution in [0.5, 0.6) is 0 Å². The van der Waals surface area contributed by atoms with E-state index >= 15 is 0 Å². The fraction of sp³-hybridized carbons (Fsp3) is 0.500. The summed E-state index contributed by atoms with van der Waals surface area (Å²) in [7, 11) is 0. The van der Waals surface area contributed by atoms with Gasteiger partial charge in [-0.15, -0.1) is 0 Å². The SMILES string of the molecule is CCN(CC)c1cncc(C)c1. The molecule has 0 N–H and O–H groups in total. The largest absolute Gasteiger partial charge is 0.371 e. The normalized spacial score (nSPS) is 9.92. The number of hydrogen-bond acceptors (Lipinski definition) is 2. The van der Waals surface area contributed by atoms with E-state index in [1.54, 1.807) is 0 Å². The summed E-state index contributed by atoms with van der Waals surface area (Å²) in [5, 5.41) is 0. The lowest BCUT2D eigenvalue weighted by molar-refractivity contribution is 0.861. The summed E-state index contributed by atoms with van der Waals surface area (Å²) in [5.41, 5.74) is 2.44. The van der Waals surface area contributed by atoms with Gasteiger partial charge in [0.2, 0.25) is 0 Å². The molecule has 0 saturated carbocycles. The van der Waals surface area contributed by atoms with Gasteiger partial charge >= 0.3 is 0 Å². The number of anilines is 1. The molecule has 0 bridgehead atoms. The van der Waals surface area contributed by atoms with Crippen molar-refractivity contribution < 1.29 is 0 Å². The number of aromatic nitrogens is 1. The van der Waals surface area contributed by atoms with Gasteiger partial charge in [0.15, 0.2) is 0 Å². The van der Waals surface area contributed by atoms with E-state index < -0.39 is 0 Å². The Bertz CT molecular complexity index is 241. The first-order valence-electron chi connectivity index (χ1n) is 4.44. The Morgan fingerprint density at radius 2 is 1.92 bits per heavy atom. The molecule has 0 fully saturated rings. The minimum absolute atomic E-state index is 1.04. The maximum Gasteiger partial charge on any atom is 0.0555 e. The predicted molar refractivity (Wildman–Crippen MR) is 52.5 cm³/mol. The van der Waals surface area contributed by atoms with E-state index in [-0.39, 0.29) is 0 Å². The van der Waals surface area contributed by atoms with Crippen LogP contribution in [0.25, 0.3) is 0 Å². The summed E-state index contributed by atoms with van der Waals surface area (Å²) >= 11 is 0. The van der Waals surface area contributed by atoms with Crippen LogP contribution in [0.4, 0.5) is 5.69 Å². The van der Waals surface area contributed by atoms with Crippen LogP contribution in [0.15, 0.2) is 18.5 Å². The van der Waals surface area contributed by atoms with Gasteiger partial charge in [-0.25, -0.2) is 0 Å². The average Bonchev–Trinajstić information content (AvgIpc) is 2.07. The van der Waals surface area contributed by atoms with E-state index in [9.17, 15) is 0 Å². The number of pyridine rings is 1. The molecule has 2 heteroatoms. The van der Waals surface area contributed by atoms with Crippen molar-refractivity contribution in [3.63, 3.8) is 0 Å². The number of rotatable bonds is 3. The van der Waals surface area contributed by atoms with Crippen LogP contribution in [0.3, 0.4) is 0 Å². The topological polar surface area (TPSA) is 16.1 Å². The van der Waals surface area contributed by atoms with E-state index in [1.165, 1.54) is 11.3 Å². The molecule has 0 aliphatic carbocycles. The molecule has 0 aromatic carbocycles. The van der Waals surface area contributed by atoms with Crippen molar-refractivity contribution in [3.05, 3.63) is 24.0 Å². The Morgan fingerprint density at radius 3 is 2.42 bits per heavy atom. The van der Waals surface area contributed by atoms with E-state index in [1.807, 2.05) is 12.4 Å². The molecule has 0 radical (unpaired) electrons. The van der Waals surface area contributed by atoms with Crippen molar-refractivity contribution >= 4 is 5.69 Å². The van der Waals surface area contributed by atoms with Gasteiger partial charge in [-0.3, -0.25) is 4.98 Å². The second-order valence-electron chi connectivity index (χ2n) is 2.89. The van der Waals surface area contributed by atoms with Crippen molar-refractivity contribution in [3.8, 4) is 0 Å². The molecule has 12 heavy (non-hydrogen) atoms. The monoisotopic (exact) mass is 164 g/mol. The van der Waals surface area contributed by atoms with E-state index in [4.69, 9.17) is 0 Å². The van der Waals surface area contributed by atoms with E-state index in [0.717, 1.165) is 13.1 Å². The molecule has 0 saturated heterocycles. The zero-order chi connectivity index (χ0) is 8.97. The quantitative estimate of drug-likeness (QED) is 0.681. The first kappa shape index (κ1) is 9.04. The van der Waals surface area contributed by atoms with Crippen molar-refractivity contribution in [2.75, 3.05) is 18.0 Å². The second-order valence-corrected chi connectivity index (χ2v) is 2.89. The lowest BCUT2D eigenvalue weighted by Crippen LogP contribution is -2.21. The molecule has 0 amide bonds. The molecule has 1 rings (SSSR count). The highest BCUT2D eigenvalue weighted by molar-refractivity contribution is 5.45. The minimum Gasteiger partial charge on any atom is -0.371 e. The van der Waals surface area contributed by atoms with Gasteiger partial charge < -0.3 is 4.90 Å². The minimum atomic E-state index is 1.04. The Hall–Kier alpha value is -1.05. The van der Waals surface area contributed by atoms with Gasteiger partial charge in [-0.05, 0) is 32.4 Å². The fourth-order valence-corrected chi connectivity index (χ4v) is 1.30. The molecular formula is C10H16N2. The smallest absolute Gasteiger partial charge is 0.0555 e. The Kier molecular flexibility index (Phi) is 3.09. The summed E-state index contributed by atoms with van der Waals surface area (Å²) in [6.07, 6.45) is 3.80. The third kappa shape index (κ3) is 1.97. The van der Waals surface area contributed by atoms with Crippen molar-refractivity contribution in [2.24, 2.45) is 0 Å². The van der Waals surface area contributed by atoms with Gasteiger partial charge in [0.25, 0.3) is 0 Å². The standard InChI is InChI=1S/C10H16N2/c1-4-12(5-2)10-6-9(3)7-11-8-10/h6-8H,4-5H2,1-3H3. The predicted octanol–water partition coefficient (Wildman–Crippen LogP) is 2.24. The van der Waals surface area contributed by atoms with E-state index in [0.29, 0.717) is 0 Å². The number of hydrogen-bond donors (Lipinski definition) is 0. The van der Waals surface area contributed by atoms with Crippen LogP contribution >= 0.6 is 0 Å². The van der Waals surface area contributed by atoms with Gasteiger partial charge in [-0.1, -0.05) is 0 Å². The summed E-state index contributed by atoms with van der Waals surface area (Å²) in [6, 6.07) is 2.17. The molecule has 0 spiro atoms. The van der Waals surface area contributed by atoms with Crippen molar-refractivity contribution in [1.29, 1.82) is 0 Å². The highest BCUT2D eigenvalue weighted by Crippen LogP contribution is 2.12. The summed E-state index contributed by atoms with van der Waals surface area (Å²) in [4.78, 5) is 6.45. The van der Waals surface area contributed by atoms with Gasteiger partial charge in [-0.2, -0.15) is 0 Å². The summed E-state index contributed by atoms with van der Waals surface area (Å²) < 4.78 is 0. The Labute approximate surface area is 74.2 Å². The molecule has 0 aliphatic heterocycles. The highest BCUT2D eigenvalue weighted by atomic mass is 15.1.